The Morgan fingerprint density at radius 3 is 2.41 bits per heavy atom. The highest BCUT2D eigenvalue weighted by Gasteiger charge is 2.42. The highest BCUT2D eigenvalue weighted by atomic mass is 16.5. The molecule has 4 aromatic rings. The zero-order valence-electron chi connectivity index (χ0n) is 25.6. The van der Waals surface area contributed by atoms with Crippen molar-refractivity contribution >= 4 is 22.6 Å². The fraction of sp³-hybridized carbons (Fsp3) is 0.353. The van der Waals surface area contributed by atoms with Crippen LogP contribution in [0.15, 0.2) is 63.8 Å². The first kappa shape index (κ1) is 30.9. The molecular formula is C34H37NO9. The summed E-state index contributed by atoms with van der Waals surface area (Å²) in [6.45, 7) is 5.72. The van der Waals surface area contributed by atoms with Crippen LogP contribution in [0.1, 0.15) is 42.6 Å². The predicted octanol–water partition coefficient (Wildman–Crippen LogP) is 5.34. The molecule has 0 spiro atoms. The standard InChI is InChI=1S/C34H37NO9/c1-18-30-21(15-27(42-6)31(18)43-28-17-34(2,3)16-25(36)29(28)37)14-24(33(39)44-30)35-32(38)20-10-11-26(41-5)23(13-20)19-8-7-9-22(12-19)40-4/h7-15,25,28-29,36-37H,16-17H2,1-6H3,(H,35,38)/t25-,28?,29-/m1/s1. The molecule has 10 nitrogen and oxygen atoms in total. The number of ether oxygens (including phenoxy) is 4. The van der Waals surface area contributed by atoms with Gasteiger partial charge in [0.25, 0.3) is 5.91 Å². The Balaban J connectivity index is 1.46. The van der Waals surface area contributed by atoms with Crippen LogP contribution >= 0.6 is 0 Å². The molecular weight excluding hydrogens is 566 g/mol. The molecule has 10 heteroatoms. The number of methoxy groups -OCH3 is 3. The van der Waals surface area contributed by atoms with E-state index in [4.69, 9.17) is 23.4 Å². The third-order valence-electron chi connectivity index (χ3n) is 8.04. The molecule has 1 aliphatic rings. The number of carbonyl (C=O) groups is 1. The Morgan fingerprint density at radius 1 is 0.955 bits per heavy atom. The number of hydrogen-bond donors (Lipinski definition) is 3. The third kappa shape index (κ3) is 6.09. The predicted molar refractivity (Wildman–Crippen MR) is 166 cm³/mol. The van der Waals surface area contributed by atoms with Crippen molar-refractivity contribution in [3.8, 4) is 34.1 Å². The van der Waals surface area contributed by atoms with Gasteiger partial charge in [-0.15, -0.1) is 0 Å². The van der Waals surface area contributed by atoms with E-state index in [0.29, 0.717) is 57.9 Å². The summed E-state index contributed by atoms with van der Waals surface area (Å²) in [6.07, 6.45) is -1.77. The number of aryl methyl sites for hydroxylation is 1. The van der Waals surface area contributed by atoms with Crippen molar-refractivity contribution in [2.45, 2.75) is 51.9 Å². The highest BCUT2D eigenvalue weighted by Crippen LogP contribution is 2.42. The lowest BCUT2D eigenvalue weighted by atomic mass is 9.73. The van der Waals surface area contributed by atoms with Gasteiger partial charge in [0, 0.05) is 22.1 Å². The molecule has 3 atom stereocenters. The van der Waals surface area contributed by atoms with Crippen molar-refractivity contribution in [1.29, 1.82) is 0 Å². The smallest absolute Gasteiger partial charge is 0.360 e. The number of aliphatic hydroxyl groups is 2. The van der Waals surface area contributed by atoms with E-state index in [1.807, 2.05) is 38.1 Å². The molecule has 232 valence electrons. The van der Waals surface area contributed by atoms with E-state index in [1.165, 1.54) is 13.2 Å². The number of aliphatic hydroxyl groups excluding tert-OH is 2. The van der Waals surface area contributed by atoms with E-state index in [-0.39, 0.29) is 16.7 Å². The largest absolute Gasteiger partial charge is 0.497 e. The van der Waals surface area contributed by atoms with Gasteiger partial charge in [0.15, 0.2) is 11.5 Å². The Hall–Kier alpha value is -4.54. The second kappa shape index (κ2) is 12.2. The molecule has 1 unspecified atom stereocenters. The van der Waals surface area contributed by atoms with Gasteiger partial charge in [-0.25, -0.2) is 4.79 Å². The number of hydrogen-bond acceptors (Lipinski definition) is 9. The summed E-state index contributed by atoms with van der Waals surface area (Å²) in [4.78, 5) is 26.4. The summed E-state index contributed by atoms with van der Waals surface area (Å²) in [5.41, 5.74) is 1.45. The lowest BCUT2D eigenvalue weighted by Gasteiger charge is -2.41. The molecule has 5 rings (SSSR count). The van der Waals surface area contributed by atoms with E-state index >= 15 is 0 Å². The van der Waals surface area contributed by atoms with Crippen molar-refractivity contribution < 1.29 is 38.4 Å². The summed E-state index contributed by atoms with van der Waals surface area (Å²) in [5, 5.41) is 24.2. The third-order valence-corrected chi connectivity index (χ3v) is 8.04. The van der Waals surface area contributed by atoms with Crippen LogP contribution in [0.2, 0.25) is 0 Å². The van der Waals surface area contributed by atoms with Gasteiger partial charge in [0.05, 0.1) is 27.4 Å². The Kier molecular flexibility index (Phi) is 8.58. The number of nitrogens with one attached hydrogen (secondary N) is 1. The lowest BCUT2D eigenvalue weighted by Crippen LogP contribution is -2.50. The maximum absolute atomic E-state index is 13.3. The fourth-order valence-corrected chi connectivity index (χ4v) is 5.77. The van der Waals surface area contributed by atoms with Crippen molar-refractivity contribution in [3.63, 3.8) is 0 Å². The number of benzene rings is 3. The van der Waals surface area contributed by atoms with Crippen LogP contribution in [0.4, 0.5) is 5.69 Å². The molecule has 44 heavy (non-hydrogen) atoms. The molecule has 1 aromatic heterocycles. The molecule has 0 radical (unpaired) electrons. The average Bonchev–Trinajstić information content (AvgIpc) is 3.00. The van der Waals surface area contributed by atoms with Crippen molar-refractivity contribution in [2.24, 2.45) is 5.41 Å². The molecule has 1 heterocycles. The van der Waals surface area contributed by atoms with E-state index < -0.39 is 29.8 Å². The van der Waals surface area contributed by atoms with Crippen LogP contribution in [0.25, 0.3) is 22.1 Å². The van der Waals surface area contributed by atoms with Gasteiger partial charge in [-0.3, -0.25) is 4.79 Å². The van der Waals surface area contributed by atoms with Crippen LogP contribution in [-0.2, 0) is 0 Å². The normalized spacial score (nSPS) is 19.3. The fourth-order valence-electron chi connectivity index (χ4n) is 5.77. The Labute approximate surface area is 255 Å². The average molecular weight is 604 g/mol. The zero-order chi connectivity index (χ0) is 31.8. The summed E-state index contributed by atoms with van der Waals surface area (Å²) in [5.74, 6) is 1.37. The second-order valence-corrected chi connectivity index (χ2v) is 11.8. The number of rotatable bonds is 8. The summed E-state index contributed by atoms with van der Waals surface area (Å²) in [6, 6.07) is 15.5. The van der Waals surface area contributed by atoms with E-state index in [2.05, 4.69) is 5.32 Å². The van der Waals surface area contributed by atoms with Gasteiger partial charge in [-0.2, -0.15) is 0 Å². The maximum atomic E-state index is 13.3. The van der Waals surface area contributed by atoms with Crippen LogP contribution in [0, 0.1) is 12.3 Å². The van der Waals surface area contributed by atoms with Crippen molar-refractivity contribution in [2.75, 3.05) is 26.6 Å². The first-order valence-corrected chi connectivity index (χ1v) is 14.3. The van der Waals surface area contributed by atoms with Crippen LogP contribution < -0.4 is 29.9 Å². The first-order chi connectivity index (χ1) is 20.9. The van der Waals surface area contributed by atoms with Gasteiger partial charge in [0.2, 0.25) is 0 Å². The molecule has 0 aliphatic heterocycles. The zero-order valence-corrected chi connectivity index (χ0v) is 25.6. The summed E-state index contributed by atoms with van der Waals surface area (Å²) < 4.78 is 28.4. The van der Waals surface area contributed by atoms with Crippen LogP contribution in [0.5, 0.6) is 23.0 Å². The lowest BCUT2D eigenvalue weighted by molar-refractivity contribution is -0.108. The highest BCUT2D eigenvalue weighted by molar-refractivity contribution is 6.06. The van der Waals surface area contributed by atoms with Crippen LogP contribution in [0.3, 0.4) is 0 Å². The Morgan fingerprint density at radius 2 is 1.70 bits per heavy atom. The maximum Gasteiger partial charge on any atom is 0.360 e. The summed E-state index contributed by atoms with van der Waals surface area (Å²) >= 11 is 0. The van der Waals surface area contributed by atoms with Crippen molar-refractivity contribution in [3.05, 3.63) is 76.1 Å². The van der Waals surface area contributed by atoms with Gasteiger partial charge in [-0.05, 0) is 73.2 Å². The molecule has 1 saturated carbocycles. The topological polar surface area (TPSA) is 137 Å². The molecule has 3 N–H and O–H groups in total. The van der Waals surface area contributed by atoms with Crippen LogP contribution in [-0.4, -0.2) is 55.8 Å². The minimum Gasteiger partial charge on any atom is -0.497 e. The van der Waals surface area contributed by atoms with Gasteiger partial charge >= 0.3 is 5.63 Å². The molecule has 3 aromatic carbocycles. The summed E-state index contributed by atoms with van der Waals surface area (Å²) in [7, 11) is 4.61. The van der Waals surface area contributed by atoms with Gasteiger partial charge in [0.1, 0.15) is 35.0 Å². The molecule has 1 aliphatic carbocycles. The van der Waals surface area contributed by atoms with Crippen molar-refractivity contribution in [1.82, 2.24) is 0 Å². The van der Waals surface area contributed by atoms with E-state index in [1.54, 1.807) is 45.4 Å². The van der Waals surface area contributed by atoms with Gasteiger partial charge < -0.3 is 38.9 Å². The number of carbonyl (C=O) groups excluding carboxylic acids is 1. The second-order valence-electron chi connectivity index (χ2n) is 11.8. The molecule has 1 amide bonds. The van der Waals surface area contributed by atoms with Gasteiger partial charge in [-0.1, -0.05) is 26.0 Å². The monoisotopic (exact) mass is 603 g/mol. The SMILES string of the molecule is COc1cccc(-c2cc(C(=O)Nc3cc4cc(OC)c(OC5CC(C)(C)C[C@@H](O)[C@H]5O)c(C)c4oc3=O)ccc2OC)c1. The number of anilines is 1. The first-order valence-electron chi connectivity index (χ1n) is 14.3. The van der Waals surface area contributed by atoms with E-state index in [0.717, 1.165) is 5.56 Å². The quantitative estimate of drug-likeness (QED) is 0.228. The number of fused-ring (bicyclic) bond motifs is 1. The minimum absolute atomic E-state index is 0.0519. The molecule has 0 saturated heterocycles. The molecule has 0 bridgehead atoms. The van der Waals surface area contributed by atoms with E-state index in [9.17, 15) is 19.8 Å². The molecule has 1 fully saturated rings. The Bertz CT molecular complexity index is 1760. The minimum atomic E-state index is -1.09. The number of amides is 1.